The molecule has 96 valence electrons. The van der Waals surface area contributed by atoms with Crippen LogP contribution >= 0.6 is 11.6 Å². The molecule has 0 amide bonds. The Kier molecular flexibility index (Phi) is 3.47. The second-order valence-electron chi connectivity index (χ2n) is 4.53. The summed E-state index contributed by atoms with van der Waals surface area (Å²) in [5, 5.41) is 0.590. The Labute approximate surface area is 106 Å². The number of sulfone groups is 1. The van der Waals surface area contributed by atoms with Crippen molar-refractivity contribution in [3.63, 3.8) is 0 Å². The van der Waals surface area contributed by atoms with Gasteiger partial charge in [-0.25, -0.2) is 13.4 Å². The third kappa shape index (κ3) is 2.81. The van der Waals surface area contributed by atoms with Gasteiger partial charge >= 0.3 is 0 Å². The summed E-state index contributed by atoms with van der Waals surface area (Å²) in [6.07, 6.45) is 2.31. The summed E-state index contributed by atoms with van der Waals surface area (Å²) < 4.78 is 24.6. The van der Waals surface area contributed by atoms with Gasteiger partial charge in [-0.1, -0.05) is 11.6 Å². The van der Waals surface area contributed by atoms with Crippen molar-refractivity contribution in [2.24, 2.45) is 7.05 Å². The van der Waals surface area contributed by atoms with Gasteiger partial charge in [-0.15, -0.1) is 0 Å². The molecule has 0 radical (unpaired) electrons. The maximum absolute atomic E-state index is 11.4. The number of aromatic nitrogens is 2. The Bertz CT molecular complexity index is 512. The lowest BCUT2D eigenvalue weighted by atomic mass is 10.2. The van der Waals surface area contributed by atoms with Gasteiger partial charge < -0.3 is 4.57 Å². The van der Waals surface area contributed by atoms with Gasteiger partial charge in [0.25, 0.3) is 0 Å². The van der Waals surface area contributed by atoms with Crippen molar-refractivity contribution in [3.05, 3.63) is 17.2 Å². The highest BCUT2D eigenvalue weighted by Gasteiger charge is 2.30. The average Bonchev–Trinajstić information content (AvgIpc) is 2.75. The molecule has 7 heteroatoms. The van der Waals surface area contributed by atoms with Crippen LogP contribution in [0, 0.1) is 0 Å². The third-order valence-corrected chi connectivity index (χ3v) is 5.35. The zero-order valence-electron chi connectivity index (χ0n) is 9.93. The molecule has 1 aliphatic heterocycles. The largest absolute Gasteiger partial charge is 0.321 e. The standard InChI is InChI=1S/C10H16ClN3O2S/c1-13(8-3-4-17(15,16)7-8)6-10-12-5-9(11)14(10)2/h5,8H,3-4,6-7H2,1-2H3. The van der Waals surface area contributed by atoms with Crippen LogP contribution in [0.25, 0.3) is 0 Å². The molecule has 1 unspecified atom stereocenters. The Hall–Kier alpha value is -0.590. The number of halogens is 1. The minimum absolute atomic E-state index is 0.0930. The minimum atomic E-state index is -2.83. The molecule has 1 aromatic heterocycles. The lowest BCUT2D eigenvalue weighted by Crippen LogP contribution is -2.33. The molecule has 0 aliphatic carbocycles. The Morgan fingerprint density at radius 2 is 2.35 bits per heavy atom. The monoisotopic (exact) mass is 277 g/mol. The van der Waals surface area contributed by atoms with Crippen LogP contribution in [0.4, 0.5) is 0 Å². The summed E-state index contributed by atoms with van der Waals surface area (Å²) in [7, 11) is 0.943. The Morgan fingerprint density at radius 1 is 1.65 bits per heavy atom. The molecule has 0 saturated carbocycles. The van der Waals surface area contributed by atoms with Crippen molar-refractivity contribution in [2.75, 3.05) is 18.6 Å². The molecule has 0 spiro atoms. The summed E-state index contributed by atoms with van der Waals surface area (Å²) in [6, 6.07) is 0.0930. The Balaban J connectivity index is 2.03. The maximum atomic E-state index is 11.4. The second-order valence-corrected chi connectivity index (χ2v) is 7.14. The predicted molar refractivity (Wildman–Crippen MR) is 66.7 cm³/mol. The van der Waals surface area contributed by atoms with Gasteiger partial charge in [-0.3, -0.25) is 4.90 Å². The molecule has 1 saturated heterocycles. The van der Waals surface area contributed by atoms with E-state index in [4.69, 9.17) is 11.6 Å². The van der Waals surface area contributed by atoms with Crippen molar-refractivity contribution in [1.29, 1.82) is 0 Å². The molecule has 2 rings (SSSR count). The van der Waals surface area contributed by atoms with Gasteiger partial charge in [0.15, 0.2) is 9.84 Å². The van der Waals surface area contributed by atoms with Crippen molar-refractivity contribution >= 4 is 21.4 Å². The molecule has 1 aromatic rings. The molecule has 1 fully saturated rings. The normalized spacial score (nSPS) is 23.4. The SMILES string of the molecule is CN(Cc1ncc(Cl)n1C)C1CCS(=O)(=O)C1. The number of imidazole rings is 1. The van der Waals surface area contributed by atoms with Crippen LogP contribution in [0.3, 0.4) is 0 Å². The van der Waals surface area contributed by atoms with E-state index < -0.39 is 9.84 Å². The predicted octanol–water partition coefficient (Wildman–Crippen LogP) is 0.692. The van der Waals surface area contributed by atoms with E-state index in [1.165, 1.54) is 0 Å². The van der Waals surface area contributed by atoms with E-state index in [2.05, 4.69) is 4.98 Å². The van der Waals surface area contributed by atoms with Crippen LogP contribution in [-0.4, -0.2) is 47.5 Å². The number of hydrogen-bond acceptors (Lipinski definition) is 4. The zero-order valence-corrected chi connectivity index (χ0v) is 11.5. The molecule has 0 N–H and O–H groups in total. The summed E-state index contributed by atoms with van der Waals surface area (Å²) >= 11 is 5.90. The van der Waals surface area contributed by atoms with Crippen LogP contribution in [0.1, 0.15) is 12.2 Å². The number of rotatable bonds is 3. The van der Waals surface area contributed by atoms with Crippen molar-refractivity contribution in [2.45, 2.75) is 19.0 Å². The van der Waals surface area contributed by atoms with Crippen LogP contribution in [-0.2, 0) is 23.4 Å². The lowest BCUT2D eigenvalue weighted by Gasteiger charge is -2.22. The van der Waals surface area contributed by atoms with Gasteiger partial charge in [-0.05, 0) is 13.5 Å². The number of nitrogens with zero attached hydrogens (tertiary/aromatic N) is 3. The fourth-order valence-corrected chi connectivity index (χ4v) is 4.00. The number of hydrogen-bond donors (Lipinski definition) is 0. The first-order chi connectivity index (χ1) is 7.89. The third-order valence-electron chi connectivity index (χ3n) is 3.25. The van der Waals surface area contributed by atoms with Gasteiger partial charge in [0, 0.05) is 13.1 Å². The summed E-state index contributed by atoms with van der Waals surface area (Å²) in [5.74, 6) is 1.40. The van der Waals surface area contributed by atoms with E-state index in [-0.39, 0.29) is 11.8 Å². The first-order valence-electron chi connectivity index (χ1n) is 5.46. The van der Waals surface area contributed by atoms with Crippen molar-refractivity contribution in [3.8, 4) is 0 Å². The van der Waals surface area contributed by atoms with Gasteiger partial charge in [0.05, 0.1) is 24.2 Å². The highest BCUT2D eigenvalue weighted by molar-refractivity contribution is 7.91. The van der Waals surface area contributed by atoms with Gasteiger partial charge in [0.1, 0.15) is 11.0 Å². The molecule has 5 nitrogen and oxygen atoms in total. The van der Waals surface area contributed by atoms with E-state index in [9.17, 15) is 8.42 Å². The quantitative estimate of drug-likeness (QED) is 0.816. The molecule has 0 bridgehead atoms. The van der Waals surface area contributed by atoms with Crippen molar-refractivity contribution in [1.82, 2.24) is 14.5 Å². The molecular formula is C10H16ClN3O2S. The zero-order chi connectivity index (χ0) is 12.6. The molecule has 1 aliphatic rings. The van der Waals surface area contributed by atoms with E-state index in [1.54, 1.807) is 6.20 Å². The second kappa shape index (κ2) is 4.59. The van der Waals surface area contributed by atoms with E-state index in [1.807, 2.05) is 23.6 Å². The van der Waals surface area contributed by atoms with Crippen molar-refractivity contribution < 1.29 is 8.42 Å². The summed E-state index contributed by atoms with van der Waals surface area (Å²) in [6.45, 7) is 0.614. The lowest BCUT2D eigenvalue weighted by molar-refractivity contribution is 0.245. The smallest absolute Gasteiger partial charge is 0.151 e. The molecular weight excluding hydrogens is 262 g/mol. The van der Waals surface area contributed by atoms with Crippen LogP contribution in [0.15, 0.2) is 6.20 Å². The van der Waals surface area contributed by atoms with Gasteiger partial charge in [-0.2, -0.15) is 0 Å². The molecule has 2 heterocycles. The van der Waals surface area contributed by atoms with E-state index >= 15 is 0 Å². The summed E-state index contributed by atoms with van der Waals surface area (Å²) in [4.78, 5) is 6.23. The fourth-order valence-electron chi connectivity index (χ4n) is 2.05. The van der Waals surface area contributed by atoms with Crippen LogP contribution in [0.5, 0.6) is 0 Å². The fraction of sp³-hybridized carbons (Fsp3) is 0.700. The average molecular weight is 278 g/mol. The highest BCUT2D eigenvalue weighted by Crippen LogP contribution is 2.19. The summed E-state index contributed by atoms with van der Waals surface area (Å²) in [5.41, 5.74) is 0. The van der Waals surface area contributed by atoms with Crippen LogP contribution < -0.4 is 0 Å². The minimum Gasteiger partial charge on any atom is -0.321 e. The topological polar surface area (TPSA) is 55.2 Å². The maximum Gasteiger partial charge on any atom is 0.151 e. The first-order valence-corrected chi connectivity index (χ1v) is 7.66. The van der Waals surface area contributed by atoms with E-state index in [0.29, 0.717) is 23.9 Å². The molecule has 1 atom stereocenters. The highest BCUT2D eigenvalue weighted by atomic mass is 35.5. The Morgan fingerprint density at radius 3 is 2.82 bits per heavy atom. The molecule has 17 heavy (non-hydrogen) atoms. The first kappa shape index (κ1) is 12.9. The van der Waals surface area contributed by atoms with Crippen LogP contribution in [0.2, 0.25) is 5.15 Å². The van der Waals surface area contributed by atoms with Gasteiger partial charge in [0.2, 0.25) is 0 Å². The molecule has 0 aromatic carbocycles. The van der Waals surface area contributed by atoms with E-state index in [0.717, 1.165) is 5.82 Å².